The van der Waals surface area contributed by atoms with Crippen LogP contribution in [0.4, 0.5) is 4.39 Å². The second kappa shape index (κ2) is 6.96. The molecule has 0 spiro atoms. The van der Waals surface area contributed by atoms with Crippen LogP contribution in [0.2, 0.25) is 0 Å². The highest BCUT2D eigenvalue weighted by Crippen LogP contribution is 2.37. The first kappa shape index (κ1) is 18.5. The molecule has 0 amide bonds. The average molecular weight is 393 g/mol. The van der Waals surface area contributed by atoms with Gasteiger partial charge in [0.25, 0.3) is 0 Å². The third-order valence-corrected chi connectivity index (χ3v) is 7.38. The fourth-order valence-electron chi connectivity index (χ4n) is 3.92. The van der Waals surface area contributed by atoms with Crippen molar-refractivity contribution >= 4 is 10.0 Å². The second-order valence-electron chi connectivity index (χ2n) is 7.39. The zero-order chi connectivity index (χ0) is 19.2. The number of sulfonamides is 1. The van der Waals surface area contributed by atoms with Crippen molar-refractivity contribution in [2.75, 3.05) is 26.7 Å². The van der Waals surface area contributed by atoms with Gasteiger partial charge in [-0.3, -0.25) is 0 Å². The second-order valence-corrected chi connectivity index (χ2v) is 9.25. The molecule has 9 heteroatoms. The summed E-state index contributed by atoms with van der Waals surface area (Å²) in [5.74, 6) is 0.850. The maximum absolute atomic E-state index is 14.3. The summed E-state index contributed by atoms with van der Waals surface area (Å²) in [6, 6.07) is 3.79. The molecule has 0 bridgehead atoms. The maximum atomic E-state index is 14.3. The van der Waals surface area contributed by atoms with Gasteiger partial charge in [-0.05, 0) is 44.5 Å². The van der Waals surface area contributed by atoms with Gasteiger partial charge in [-0.2, -0.15) is 4.31 Å². The van der Waals surface area contributed by atoms with Gasteiger partial charge in [-0.15, -0.1) is 10.2 Å². The lowest BCUT2D eigenvalue weighted by Gasteiger charge is -2.24. The summed E-state index contributed by atoms with van der Waals surface area (Å²) in [6.45, 7) is 4.62. The Kier molecular flexibility index (Phi) is 4.77. The molecule has 0 saturated carbocycles. The number of hydrogen-bond acceptors (Lipinski definition) is 5. The van der Waals surface area contributed by atoms with Crippen LogP contribution in [0.1, 0.15) is 36.1 Å². The Labute approximate surface area is 158 Å². The van der Waals surface area contributed by atoms with Gasteiger partial charge in [0.1, 0.15) is 16.5 Å². The highest BCUT2D eigenvalue weighted by Gasteiger charge is 2.40. The van der Waals surface area contributed by atoms with E-state index in [1.54, 1.807) is 13.0 Å². The number of fused-ring (bicyclic) bond motifs is 1. The van der Waals surface area contributed by atoms with E-state index in [4.69, 9.17) is 0 Å². The Bertz CT molecular complexity index is 959. The molecule has 1 fully saturated rings. The molecule has 1 aromatic heterocycles. The third kappa shape index (κ3) is 3.28. The van der Waals surface area contributed by atoms with Crippen LogP contribution in [0.5, 0.6) is 0 Å². The number of aryl methyl sites for hydroxylation is 1. The minimum Gasteiger partial charge on any atom is -0.312 e. The monoisotopic (exact) mass is 393 g/mol. The van der Waals surface area contributed by atoms with Gasteiger partial charge >= 0.3 is 0 Å². The Hall–Kier alpha value is -1.84. The molecule has 3 heterocycles. The Morgan fingerprint density at radius 3 is 2.78 bits per heavy atom. The van der Waals surface area contributed by atoms with Crippen LogP contribution in [0, 0.1) is 12.7 Å². The molecule has 0 N–H and O–H groups in total. The van der Waals surface area contributed by atoms with E-state index in [9.17, 15) is 12.8 Å². The molecule has 1 atom stereocenters. The Morgan fingerprint density at radius 1 is 1.15 bits per heavy atom. The number of hydrogen-bond donors (Lipinski definition) is 0. The van der Waals surface area contributed by atoms with E-state index in [0.29, 0.717) is 24.4 Å². The first-order valence-electron chi connectivity index (χ1n) is 9.26. The number of aromatic nitrogens is 3. The average Bonchev–Trinajstić information content (AvgIpc) is 3.23. The summed E-state index contributed by atoms with van der Waals surface area (Å²) in [4.78, 5) is 1.97. The number of benzene rings is 1. The van der Waals surface area contributed by atoms with Crippen molar-refractivity contribution in [3.8, 4) is 0 Å². The summed E-state index contributed by atoms with van der Waals surface area (Å²) >= 11 is 0. The first-order chi connectivity index (χ1) is 12.9. The zero-order valence-corrected chi connectivity index (χ0v) is 16.4. The third-order valence-electron chi connectivity index (χ3n) is 5.45. The van der Waals surface area contributed by atoms with Gasteiger partial charge < -0.3 is 9.47 Å². The van der Waals surface area contributed by atoms with Crippen molar-refractivity contribution in [3.05, 3.63) is 41.2 Å². The van der Waals surface area contributed by atoms with Crippen LogP contribution in [0.3, 0.4) is 0 Å². The highest BCUT2D eigenvalue weighted by molar-refractivity contribution is 7.89. The van der Waals surface area contributed by atoms with Gasteiger partial charge in [-0.1, -0.05) is 6.07 Å². The molecule has 0 unspecified atom stereocenters. The van der Waals surface area contributed by atoms with Crippen LogP contribution in [-0.4, -0.2) is 59.1 Å². The minimum atomic E-state index is -3.95. The fourth-order valence-corrected chi connectivity index (χ4v) is 5.72. The molecular weight excluding hydrogens is 369 g/mol. The highest BCUT2D eigenvalue weighted by atomic mass is 32.2. The van der Waals surface area contributed by atoms with Crippen molar-refractivity contribution in [1.82, 2.24) is 24.0 Å². The van der Waals surface area contributed by atoms with Crippen LogP contribution in [0.15, 0.2) is 23.1 Å². The van der Waals surface area contributed by atoms with Gasteiger partial charge in [0, 0.05) is 32.6 Å². The van der Waals surface area contributed by atoms with Gasteiger partial charge in [0.05, 0.1) is 6.04 Å². The molecule has 4 rings (SSSR count). The van der Waals surface area contributed by atoms with Crippen molar-refractivity contribution in [3.63, 3.8) is 0 Å². The topological polar surface area (TPSA) is 71.3 Å². The van der Waals surface area contributed by atoms with E-state index in [0.717, 1.165) is 38.3 Å². The van der Waals surface area contributed by atoms with Gasteiger partial charge in [-0.25, -0.2) is 12.8 Å². The van der Waals surface area contributed by atoms with Crippen LogP contribution in [-0.2, 0) is 23.0 Å². The maximum Gasteiger partial charge on any atom is 0.246 e. The summed E-state index contributed by atoms with van der Waals surface area (Å²) < 4.78 is 44.2. The molecule has 7 nitrogen and oxygen atoms in total. The fraction of sp³-hybridized carbons (Fsp3) is 0.556. The van der Waals surface area contributed by atoms with E-state index < -0.39 is 21.9 Å². The molecule has 0 aliphatic carbocycles. The SMILES string of the molecule is Cc1ccc(F)c(S(=O)(=O)N2CCC[C@H]2c2nnc3n2CCN(C)CC3)c1. The Morgan fingerprint density at radius 2 is 1.96 bits per heavy atom. The Balaban J connectivity index is 1.71. The summed E-state index contributed by atoms with van der Waals surface area (Å²) in [7, 11) is -1.88. The van der Waals surface area contributed by atoms with Gasteiger partial charge in [0.15, 0.2) is 5.82 Å². The molecule has 2 aliphatic heterocycles. The summed E-state index contributed by atoms with van der Waals surface area (Å²) in [5, 5.41) is 8.65. The van der Waals surface area contributed by atoms with E-state index in [2.05, 4.69) is 26.7 Å². The standard InChI is InChI=1S/C18H24FN5O2S/c1-13-5-6-14(19)16(12-13)27(25,26)24-8-3-4-15(24)18-21-20-17-7-9-22(2)10-11-23(17)18/h5-6,12,15H,3-4,7-11H2,1-2H3/t15-/m0/s1. The number of likely N-dealkylation sites (N-methyl/N-ethyl adjacent to an activating group) is 1. The van der Waals surface area contributed by atoms with Crippen molar-refractivity contribution in [2.24, 2.45) is 0 Å². The predicted octanol–water partition coefficient (Wildman–Crippen LogP) is 1.74. The van der Waals surface area contributed by atoms with Crippen molar-refractivity contribution < 1.29 is 12.8 Å². The molecule has 1 saturated heterocycles. The molecule has 2 aromatic rings. The molecule has 2 aliphatic rings. The van der Waals surface area contributed by atoms with Crippen LogP contribution in [0.25, 0.3) is 0 Å². The number of halogens is 1. The molecule has 1 aromatic carbocycles. The molecular formula is C18H24FN5O2S. The smallest absolute Gasteiger partial charge is 0.246 e. The van der Waals surface area contributed by atoms with E-state index in [-0.39, 0.29) is 4.90 Å². The van der Waals surface area contributed by atoms with Crippen molar-refractivity contribution in [1.29, 1.82) is 0 Å². The van der Waals surface area contributed by atoms with E-state index >= 15 is 0 Å². The summed E-state index contributed by atoms with van der Waals surface area (Å²) in [6.07, 6.45) is 2.18. The summed E-state index contributed by atoms with van der Waals surface area (Å²) in [5.41, 5.74) is 0.713. The van der Waals surface area contributed by atoms with Crippen LogP contribution < -0.4 is 0 Å². The lowest BCUT2D eigenvalue weighted by atomic mass is 10.2. The lowest BCUT2D eigenvalue weighted by Crippen LogP contribution is -2.33. The largest absolute Gasteiger partial charge is 0.312 e. The zero-order valence-electron chi connectivity index (χ0n) is 15.6. The number of rotatable bonds is 3. The van der Waals surface area contributed by atoms with Gasteiger partial charge in [0.2, 0.25) is 10.0 Å². The van der Waals surface area contributed by atoms with Crippen molar-refractivity contribution in [2.45, 2.75) is 43.7 Å². The normalized spacial score (nSPS) is 22.0. The molecule has 0 radical (unpaired) electrons. The quantitative estimate of drug-likeness (QED) is 0.794. The minimum absolute atomic E-state index is 0.260. The molecule has 27 heavy (non-hydrogen) atoms. The number of nitrogens with zero attached hydrogens (tertiary/aromatic N) is 5. The first-order valence-corrected chi connectivity index (χ1v) is 10.7. The van der Waals surface area contributed by atoms with Crippen LogP contribution >= 0.6 is 0 Å². The molecule has 146 valence electrons. The van der Waals surface area contributed by atoms with E-state index in [1.165, 1.54) is 16.4 Å². The lowest BCUT2D eigenvalue weighted by molar-refractivity contribution is 0.330. The predicted molar refractivity (Wildman–Crippen MR) is 98.2 cm³/mol. The van der Waals surface area contributed by atoms with E-state index in [1.807, 2.05) is 0 Å².